The molecule has 1 aliphatic rings. The first kappa shape index (κ1) is 17.8. The van der Waals surface area contributed by atoms with Gasteiger partial charge in [-0.2, -0.15) is 0 Å². The Bertz CT molecular complexity index is 533. The molecule has 21 heavy (non-hydrogen) atoms. The van der Waals surface area contributed by atoms with Gasteiger partial charge in [-0.25, -0.2) is 0 Å². The van der Waals surface area contributed by atoms with Gasteiger partial charge in [0.05, 0.1) is 10.6 Å². The Labute approximate surface area is 135 Å². The largest absolute Gasteiger partial charge is 0.355 e. The highest BCUT2D eigenvalue weighted by atomic mass is 35.5. The lowest BCUT2D eigenvalue weighted by molar-refractivity contribution is -0.121. The zero-order valence-corrected chi connectivity index (χ0v) is 13.5. The molecule has 1 unspecified atom stereocenters. The molecule has 7 heteroatoms. The third kappa shape index (κ3) is 4.09. The summed E-state index contributed by atoms with van der Waals surface area (Å²) in [6.07, 6.45) is 0. The molecule has 0 aliphatic carbocycles. The van der Waals surface area contributed by atoms with Crippen molar-refractivity contribution >= 4 is 41.5 Å². The fraction of sp³-hybridized carbons (Fsp3) is 0.429. The summed E-state index contributed by atoms with van der Waals surface area (Å²) >= 11 is 5.97. The molecule has 1 atom stereocenters. The maximum Gasteiger partial charge on any atom is 0.252 e. The summed E-state index contributed by atoms with van der Waals surface area (Å²) < 4.78 is 0. The third-order valence-electron chi connectivity index (χ3n) is 3.64. The van der Waals surface area contributed by atoms with Crippen LogP contribution in [0.1, 0.15) is 17.3 Å². The second kappa shape index (κ2) is 7.64. The van der Waals surface area contributed by atoms with E-state index in [-0.39, 0.29) is 30.1 Å². The molecule has 0 aromatic heterocycles. The fourth-order valence-electron chi connectivity index (χ4n) is 2.05. The van der Waals surface area contributed by atoms with E-state index in [1.165, 1.54) is 7.05 Å². The lowest BCUT2D eigenvalue weighted by Gasteiger charge is -2.31. The number of amides is 2. The van der Waals surface area contributed by atoms with E-state index in [1.807, 2.05) is 6.92 Å². The van der Waals surface area contributed by atoms with E-state index in [2.05, 4.69) is 16.0 Å². The van der Waals surface area contributed by atoms with Gasteiger partial charge < -0.3 is 16.0 Å². The predicted octanol–water partition coefficient (Wildman–Crippen LogP) is 1.92. The van der Waals surface area contributed by atoms with Crippen molar-refractivity contribution in [1.29, 1.82) is 0 Å². The number of nitrogens with one attached hydrogen (secondary N) is 3. The van der Waals surface area contributed by atoms with Crippen LogP contribution in [-0.2, 0) is 4.79 Å². The van der Waals surface area contributed by atoms with Gasteiger partial charge in [-0.05, 0) is 37.2 Å². The highest BCUT2D eigenvalue weighted by Gasteiger charge is 2.28. The Kier molecular flexibility index (Phi) is 6.45. The molecule has 0 bridgehead atoms. The van der Waals surface area contributed by atoms with Crippen molar-refractivity contribution in [3.05, 3.63) is 28.8 Å². The molecular weight excluding hydrogens is 313 g/mol. The number of carbonyl (C=O) groups is 2. The van der Waals surface area contributed by atoms with Gasteiger partial charge in [-0.3, -0.25) is 9.59 Å². The van der Waals surface area contributed by atoms with Crippen molar-refractivity contribution in [3.8, 4) is 0 Å². The summed E-state index contributed by atoms with van der Waals surface area (Å²) in [5.74, 6) is 0.000102. The van der Waals surface area contributed by atoms with Crippen LogP contribution in [0, 0.1) is 11.8 Å². The number of rotatable bonds is 4. The summed E-state index contributed by atoms with van der Waals surface area (Å²) in [6, 6.07) is 4.89. The Balaban J connectivity index is 0.00000220. The number of hydrogen-bond acceptors (Lipinski definition) is 3. The van der Waals surface area contributed by atoms with E-state index in [0.29, 0.717) is 22.2 Å². The van der Waals surface area contributed by atoms with Crippen LogP contribution in [0.15, 0.2) is 18.2 Å². The normalized spacial score (nSPS) is 15.4. The summed E-state index contributed by atoms with van der Waals surface area (Å²) in [4.78, 5) is 23.8. The van der Waals surface area contributed by atoms with Gasteiger partial charge in [-0.15, -0.1) is 12.4 Å². The quantitative estimate of drug-likeness (QED) is 0.789. The maximum atomic E-state index is 12.1. The number of hydrogen-bond donors (Lipinski definition) is 3. The monoisotopic (exact) mass is 331 g/mol. The molecule has 1 heterocycles. The smallest absolute Gasteiger partial charge is 0.252 e. The van der Waals surface area contributed by atoms with E-state index in [4.69, 9.17) is 11.6 Å². The van der Waals surface area contributed by atoms with Crippen LogP contribution in [-0.4, -0.2) is 32.0 Å². The molecular formula is C14H19Cl2N3O2. The van der Waals surface area contributed by atoms with Crippen molar-refractivity contribution < 1.29 is 9.59 Å². The minimum atomic E-state index is -0.276. The van der Waals surface area contributed by atoms with Crippen molar-refractivity contribution in [3.63, 3.8) is 0 Å². The molecule has 116 valence electrons. The number of halogens is 2. The first-order chi connectivity index (χ1) is 9.52. The van der Waals surface area contributed by atoms with E-state index in [1.54, 1.807) is 18.2 Å². The minimum Gasteiger partial charge on any atom is -0.355 e. The Morgan fingerprint density at radius 1 is 1.38 bits per heavy atom. The molecule has 1 aromatic carbocycles. The number of carbonyl (C=O) groups excluding carboxylic acids is 2. The summed E-state index contributed by atoms with van der Waals surface area (Å²) in [7, 11) is 1.54. The molecule has 3 N–H and O–H groups in total. The average molecular weight is 332 g/mol. The van der Waals surface area contributed by atoms with E-state index >= 15 is 0 Å². The maximum absolute atomic E-state index is 12.1. The van der Waals surface area contributed by atoms with Gasteiger partial charge >= 0.3 is 0 Å². The van der Waals surface area contributed by atoms with E-state index < -0.39 is 0 Å². The highest BCUT2D eigenvalue weighted by Crippen LogP contribution is 2.22. The predicted molar refractivity (Wildman–Crippen MR) is 86.2 cm³/mol. The molecule has 0 saturated carbocycles. The first-order valence-electron chi connectivity index (χ1n) is 6.56. The number of benzene rings is 1. The van der Waals surface area contributed by atoms with Crippen molar-refractivity contribution in [2.75, 3.05) is 25.5 Å². The Morgan fingerprint density at radius 2 is 2.05 bits per heavy atom. The summed E-state index contributed by atoms with van der Waals surface area (Å²) in [5, 5.41) is 8.86. The fourth-order valence-corrected chi connectivity index (χ4v) is 2.25. The van der Waals surface area contributed by atoms with Crippen molar-refractivity contribution in [2.45, 2.75) is 6.92 Å². The van der Waals surface area contributed by atoms with Crippen LogP contribution in [0.5, 0.6) is 0 Å². The lowest BCUT2D eigenvalue weighted by Crippen LogP contribution is -2.48. The van der Waals surface area contributed by atoms with E-state index in [9.17, 15) is 9.59 Å². The molecule has 1 saturated heterocycles. The zero-order valence-electron chi connectivity index (χ0n) is 11.9. The molecule has 1 fully saturated rings. The van der Waals surface area contributed by atoms with Crippen molar-refractivity contribution in [1.82, 2.24) is 10.6 Å². The second-order valence-corrected chi connectivity index (χ2v) is 5.38. The molecule has 2 amide bonds. The Hall–Kier alpha value is -1.30. The topological polar surface area (TPSA) is 70.2 Å². The van der Waals surface area contributed by atoms with Crippen LogP contribution in [0.4, 0.5) is 5.69 Å². The standard InChI is InChI=1S/C14H18ClN3O2.ClH/c1-8(9-6-17-7-9)13(19)18-10-3-4-12(15)11(5-10)14(20)16-2;/h3-5,8-9,17H,6-7H2,1-2H3,(H,16,20)(H,18,19);1H. The first-order valence-corrected chi connectivity index (χ1v) is 6.94. The average Bonchev–Trinajstić information content (AvgIpc) is 2.38. The van der Waals surface area contributed by atoms with Crippen LogP contribution >= 0.6 is 24.0 Å². The SMILES string of the molecule is CNC(=O)c1cc(NC(=O)C(C)C2CNC2)ccc1Cl.Cl. The van der Waals surface area contributed by atoms with Gasteiger partial charge in [-0.1, -0.05) is 18.5 Å². The van der Waals surface area contributed by atoms with Gasteiger partial charge in [0, 0.05) is 18.7 Å². The zero-order chi connectivity index (χ0) is 14.7. The summed E-state index contributed by atoms with van der Waals surface area (Å²) in [6.45, 7) is 3.66. The lowest BCUT2D eigenvalue weighted by atomic mass is 9.88. The molecule has 1 aliphatic heterocycles. The molecule has 0 radical (unpaired) electrons. The molecule has 0 spiro atoms. The van der Waals surface area contributed by atoms with Gasteiger partial charge in [0.15, 0.2) is 0 Å². The number of anilines is 1. The van der Waals surface area contributed by atoms with Gasteiger partial charge in [0.2, 0.25) is 5.91 Å². The Morgan fingerprint density at radius 3 is 2.57 bits per heavy atom. The van der Waals surface area contributed by atoms with Crippen LogP contribution in [0.2, 0.25) is 5.02 Å². The van der Waals surface area contributed by atoms with Gasteiger partial charge in [0.1, 0.15) is 0 Å². The molecule has 1 aromatic rings. The summed E-state index contributed by atoms with van der Waals surface area (Å²) in [5.41, 5.74) is 0.932. The van der Waals surface area contributed by atoms with E-state index in [0.717, 1.165) is 13.1 Å². The highest BCUT2D eigenvalue weighted by molar-refractivity contribution is 6.34. The molecule has 5 nitrogen and oxygen atoms in total. The minimum absolute atomic E-state index is 0. The van der Waals surface area contributed by atoms with Crippen LogP contribution in [0.3, 0.4) is 0 Å². The van der Waals surface area contributed by atoms with Crippen molar-refractivity contribution in [2.24, 2.45) is 11.8 Å². The molecule has 2 rings (SSSR count). The van der Waals surface area contributed by atoms with Gasteiger partial charge in [0.25, 0.3) is 5.91 Å². The van der Waals surface area contributed by atoms with Crippen LogP contribution in [0.25, 0.3) is 0 Å². The third-order valence-corrected chi connectivity index (χ3v) is 3.97. The second-order valence-electron chi connectivity index (χ2n) is 4.97. The van der Waals surface area contributed by atoms with Crippen LogP contribution < -0.4 is 16.0 Å².